The Morgan fingerprint density at radius 3 is 1.81 bits per heavy atom. The fourth-order valence-corrected chi connectivity index (χ4v) is 3.22. The van der Waals surface area contributed by atoms with E-state index in [4.69, 9.17) is 9.47 Å². The zero-order valence-electron chi connectivity index (χ0n) is 18.9. The molecule has 0 saturated heterocycles. The molecule has 1 aromatic heterocycles. The van der Waals surface area contributed by atoms with Crippen LogP contribution in [0.15, 0.2) is 81.9 Å². The number of nitrogens with zero attached hydrogens (tertiary/aromatic N) is 2. The van der Waals surface area contributed by atoms with Crippen molar-refractivity contribution in [2.45, 2.75) is 26.9 Å². The van der Waals surface area contributed by atoms with Crippen molar-refractivity contribution >= 4 is 6.08 Å². The number of methoxy groups -OCH3 is 2. The third-order valence-electron chi connectivity index (χ3n) is 5.28. The second-order valence-corrected chi connectivity index (χ2v) is 7.42. The molecule has 0 saturated carbocycles. The van der Waals surface area contributed by atoms with Crippen molar-refractivity contribution in [3.8, 4) is 11.5 Å². The Hall–Kier alpha value is -3.80. The van der Waals surface area contributed by atoms with Gasteiger partial charge in [-0.1, -0.05) is 42.0 Å². The molecule has 166 valence electrons. The summed E-state index contributed by atoms with van der Waals surface area (Å²) in [5.74, 6) is 1.47. The van der Waals surface area contributed by atoms with Gasteiger partial charge in [-0.15, -0.1) is 0 Å². The van der Waals surface area contributed by atoms with Crippen LogP contribution in [0.5, 0.6) is 11.5 Å². The van der Waals surface area contributed by atoms with Crippen LogP contribution in [0, 0.1) is 0 Å². The number of allylic oxidation sites excluding steroid dienone is 3. The molecule has 0 unspecified atom stereocenters. The van der Waals surface area contributed by atoms with Crippen molar-refractivity contribution in [1.29, 1.82) is 0 Å². The molecule has 0 amide bonds. The van der Waals surface area contributed by atoms with Crippen molar-refractivity contribution in [1.82, 2.24) is 9.13 Å². The predicted molar refractivity (Wildman–Crippen MR) is 128 cm³/mol. The van der Waals surface area contributed by atoms with E-state index < -0.39 is 0 Å². The summed E-state index contributed by atoms with van der Waals surface area (Å²) in [7, 11) is 3.21. The maximum absolute atomic E-state index is 13.4. The molecule has 3 rings (SSSR count). The summed E-state index contributed by atoms with van der Waals surface area (Å²) in [6, 6.07) is 16.4. The smallest absolute Gasteiger partial charge is 0.332 e. The first-order valence-corrected chi connectivity index (χ1v) is 10.4. The molecule has 0 aliphatic heterocycles. The summed E-state index contributed by atoms with van der Waals surface area (Å²) in [5.41, 5.74) is 2.67. The summed E-state index contributed by atoms with van der Waals surface area (Å²) < 4.78 is 13.3. The van der Waals surface area contributed by atoms with Gasteiger partial charge in [-0.3, -0.25) is 13.9 Å². The second-order valence-electron chi connectivity index (χ2n) is 7.42. The first-order valence-electron chi connectivity index (χ1n) is 10.4. The minimum absolute atomic E-state index is 0.183. The molecule has 0 aliphatic carbocycles. The molecule has 0 bridgehead atoms. The maximum Gasteiger partial charge on any atom is 0.332 e. The topological polar surface area (TPSA) is 62.5 Å². The average molecular weight is 433 g/mol. The number of hydrogen-bond donors (Lipinski definition) is 0. The molecular formula is C26H28N2O4. The van der Waals surface area contributed by atoms with Gasteiger partial charge >= 0.3 is 5.69 Å². The predicted octanol–water partition coefficient (Wildman–Crippen LogP) is 4.10. The van der Waals surface area contributed by atoms with Crippen molar-refractivity contribution < 1.29 is 9.47 Å². The Labute approximate surface area is 187 Å². The van der Waals surface area contributed by atoms with Gasteiger partial charge in [-0.2, -0.15) is 0 Å². The molecule has 3 aromatic rings. The molecule has 0 spiro atoms. The lowest BCUT2D eigenvalue weighted by Gasteiger charge is -2.14. The zero-order valence-corrected chi connectivity index (χ0v) is 18.9. The van der Waals surface area contributed by atoms with Crippen molar-refractivity contribution in [2.24, 2.45) is 0 Å². The molecule has 2 aromatic carbocycles. The Morgan fingerprint density at radius 2 is 1.34 bits per heavy atom. The van der Waals surface area contributed by atoms with Crippen molar-refractivity contribution in [3.63, 3.8) is 0 Å². The standard InChI is InChI=1S/C26H28N2O4/c1-5-19(2)6-11-22-16-25(29)28(18-21-9-14-24(32-4)15-10-21)26(30)27(22)17-20-7-12-23(31-3)13-8-20/h5-16H,17-18H2,1-4H3/b11-6-,19-5+. The summed E-state index contributed by atoms with van der Waals surface area (Å²) >= 11 is 0. The van der Waals surface area contributed by atoms with Crippen LogP contribution in [0.25, 0.3) is 6.08 Å². The zero-order chi connectivity index (χ0) is 23.1. The van der Waals surface area contributed by atoms with Gasteiger partial charge < -0.3 is 9.47 Å². The molecule has 0 radical (unpaired) electrons. The highest BCUT2D eigenvalue weighted by Gasteiger charge is 2.12. The van der Waals surface area contributed by atoms with E-state index in [9.17, 15) is 9.59 Å². The van der Waals surface area contributed by atoms with Crippen LogP contribution in [0.3, 0.4) is 0 Å². The molecule has 0 fully saturated rings. The fraction of sp³-hybridized carbons (Fsp3) is 0.231. The molecule has 0 atom stereocenters. The normalized spacial score (nSPS) is 11.7. The number of ether oxygens (including phenoxy) is 2. The van der Waals surface area contributed by atoms with Gasteiger partial charge in [0.05, 0.1) is 33.0 Å². The number of rotatable bonds is 8. The van der Waals surface area contributed by atoms with Crippen LogP contribution in [0.2, 0.25) is 0 Å². The van der Waals surface area contributed by atoms with E-state index >= 15 is 0 Å². The van der Waals surface area contributed by atoms with Crippen molar-refractivity contribution in [3.05, 3.63) is 110 Å². The minimum Gasteiger partial charge on any atom is -0.497 e. The second kappa shape index (κ2) is 10.5. The van der Waals surface area contributed by atoms with E-state index in [0.717, 1.165) is 28.2 Å². The van der Waals surface area contributed by atoms with E-state index in [-0.39, 0.29) is 17.8 Å². The van der Waals surface area contributed by atoms with E-state index in [1.165, 1.54) is 10.6 Å². The molecule has 1 heterocycles. The third-order valence-corrected chi connectivity index (χ3v) is 5.28. The van der Waals surface area contributed by atoms with E-state index in [1.807, 2.05) is 74.5 Å². The Morgan fingerprint density at radius 1 is 0.844 bits per heavy atom. The molecule has 6 heteroatoms. The SMILES string of the molecule is C/C=C(C)/C=C\c1cc(=O)n(Cc2ccc(OC)cc2)c(=O)n1Cc1ccc(OC)cc1. The highest BCUT2D eigenvalue weighted by atomic mass is 16.5. The molecule has 32 heavy (non-hydrogen) atoms. The highest BCUT2D eigenvalue weighted by molar-refractivity contribution is 5.49. The summed E-state index contributed by atoms with van der Waals surface area (Å²) in [4.78, 5) is 26.3. The summed E-state index contributed by atoms with van der Waals surface area (Å²) in [6.45, 7) is 4.42. The Balaban J connectivity index is 2.06. The maximum atomic E-state index is 13.4. The van der Waals surface area contributed by atoms with Gasteiger partial charge in [0.15, 0.2) is 0 Å². The van der Waals surface area contributed by atoms with E-state index in [2.05, 4.69) is 0 Å². The molecule has 6 nitrogen and oxygen atoms in total. The van der Waals surface area contributed by atoms with Crippen molar-refractivity contribution in [2.75, 3.05) is 14.2 Å². The Kier molecular flexibility index (Phi) is 7.49. The van der Waals surface area contributed by atoms with Crippen LogP contribution < -0.4 is 20.7 Å². The van der Waals surface area contributed by atoms with Gasteiger partial charge in [0, 0.05) is 6.07 Å². The lowest BCUT2D eigenvalue weighted by Crippen LogP contribution is -2.41. The van der Waals surface area contributed by atoms with Gasteiger partial charge in [-0.05, 0) is 55.3 Å². The lowest BCUT2D eigenvalue weighted by atomic mass is 10.2. The largest absolute Gasteiger partial charge is 0.497 e. The van der Waals surface area contributed by atoms with Crippen LogP contribution in [0.4, 0.5) is 0 Å². The molecule has 0 N–H and O–H groups in total. The lowest BCUT2D eigenvalue weighted by molar-refractivity contribution is 0.414. The first kappa shape index (κ1) is 22.9. The average Bonchev–Trinajstić information content (AvgIpc) is 2.83. The van der Waals surface area contributed by atoms with Gasteiger partial charge in [0.2, 0.25) is 0 Å². The Bertz CT molecular complexity index is 1230. The number of hydrogen-bond acceptors (Lipinski definition) is 4. The third kappa shape index (κ3) is 5.46. The van der Waals surface area contributed by atoms with Gasteiger partial charge in [0.25, 0.3) is 5.56 Å². The van der Waals surface area contributed by atoms with Crippen LogP contribution in [-0.4, -0.2) is 23.4 Å². The van der Waals surface area contributed by atoms with Crippen LogP contribution >= 0.6 is 0 Å². The minimum atomic E-state index is -0.359. The number of aromatic nitrogens is 2. The molecule has 0 aliphatic rings. The monoisotopic (exact) mass is 432 g/mol. The first-order chi connectivity index (χ1) is 15.4. The highest BCUT2D eigenvalue weighted by Crippen LogP contribution is 2.14. The van der Waals surface area contributed by atoms with Gasteiger partial charge in [-0.25, -0.2) is 4.79 Å². The van der Waals surface area contributed by atoms with Crippen LogP contribution in [0.1, 0.15) is 30.7 Å². The van der Waals surface area contributed by atoms with Gasteiger partial charge in [0.1, 0.15) is 11.5 Å². The quantitative estimate of drug-likeness (QED) is 0.503. The fourth-order valence-electron chi connectivity index (χ4n) is 3.22. The van der Waals surface area contributed by atoms with E-state index in [0.29, 0.717) is 12.2 Å². The van der Waals surface area contributed by atoms with Crippen LogP contribution in [-0.2, 0) is 13.1 Å². The molecular weight excluding hydrogens is 404 g/mol. The summed E-state index contributed by atoms with van der Waals surface area (Å²) in [5, 5.41) is 0. The number of benzene rings is 2. The summed E-state index contributed by atoms with van der Waals surface area (Å²) in [6.07, 6.45) is 5.67. The van der Waals surface area contributed by atoms with E-state index in [1.54, 1.807) is 24.9 Å².